The Bertz CT molecular complexity index is 737. The summed E-state index contributed by atoms with van der Waals surface area (Å²) in [5.41, 5.74) is 0.427. The number of aromatic nitrogens is 1. The highest BCUT2D eigenvalue weighted by atomic mass is 19.1. The molecule has 2 N–H and O–H groups in total. The topological polar surface area (TPSA) is 68.9 Å². The molecule has 3 aliphatic rings. The number of nitrogens with two attached hydrogens (primary N) is 1. The van der Waals surface area contributed by atoms with Gasteiger partial charge in [0, 0.05) is 57.9 Å². The predicted molar refractivity (Wildman–Crippen MR) is 121 cm³/mol. The Balaban J connectivity index is 1.32. The van der Waals surface area contributed by atoms with Gasteiger partial charge in [-0.3, -0.25) is 19.6 Å². The number of hydrogen-bond donors (Lipinski definition) is 1. The molecular weight excluding hydrogens is 395 g/mol. The van der Waals surface area contributed by atoms with Crippen molar-refractivity contribution in [1.82, 2.24) is 19.8 Å². The van der Waals surface area contributed by atoms with E-state index < -0.39 is 0 Å². The van der Waals surface area contributed by atoms with Crippen LogP contribution in [0.4, 0.5) is 10.2 Å². The SMILES string of the molecule is CC(CF)N1CCC(N2CCCN(c3cccc(C(=O)N(N)CC4CC4)n3)CC2)CC1. The third-order valence-electron chi connectivity index (χ3n) is 7.08. The lowest BCUT2D eigenvalue weighted by Gasteiger charge is -2.39. The summed E-state index contributed by atoms with van der Waals surface area (Å²) < 4.78 is 13.0. The van der Waals surface area contributed by atoms with Gasteiger partial charge in [-0.25, -0.2) is 15.2 Å². The molecule has 1 aliphatic carbocycles. The van der Waals surface area contributed by atoms with E-state index in [1.54, 1.807) is 6.07 Å². The fourth-order valence-corrected chi connectivity index (χ4v) is 4.85. The number of halogens is 1. The summed E-state index contributed by atoms with van der Waals surface area (Å²) in [5.74, 6) is 7.20. The molecule has 0 aromatic carbocycles. The quantitative estimate of drug-likeness (QED) is 0.405. The maximum Gasteiger partial charge on any atom is 0.286 e. The molecule has 1 aromatic heterocycles. The van der Waals surface area contributed by atoms with Gasteiger partial charge in [0.15, 0.2) is 0 Å². The zero-order valence-corrected chi connectivity index (χ0v) is 18.8. The normalized spacial score (nSPS) is 22.9. The fraction of sp³-hybridized carbons (Fsp3) is 0.739. The first-order chi connectivity index (χ1) is 15.0. The lowest BCUT2D eigenvalue weighted by Crippen LogP contribution is -2.48. The molecular formula is C23H37FN6O. The lowest BCUT2D eigenvalue weighted by molar-refractivity contribution is 0.0742. The van der Waals surface area contributed by atoms with Gasteiger partial charge in [0.2, 0.25) is 0 Å². The molecule has 3 fully saturated rings. The zero-order valence-electron chi connectivity index (χ0n) is 18.8. The number of piperidine rings is 1. The van der Waals surface area contributed by atoms with Crippen molar-refractivity contribution in [3.05, 3.63) is 23.9 Å². The van der Waals surface area contributed by atoms with Crippen LogP contribution in [0.15, 0.2) is 18.2 Å². The van der Waals surface area contributed by atoms with Gasteiger partial charge in [-0.1, -0.05) is 6.07 Å². The van der Waals surface area contributed by atoms with Crippen LogP contribution in [0.25, 0.3) is 0 Å². The van der Waals surface area contributed by atoms with E-state index in [1.165, 1.54) is 5.01 Å². The van der Waals surface area contributed by atoms with Crippen molar-refractivity contribution in [1.29, 1.82) is 0 Å². The van der Waals surface area contributed by atoms with E-state index in [4.69, 9.17) is 5.84 Å². The first kappa shape index (κ1) is 22.4. The number of pyridine rings is 1. The van der Waals surface area contributed by atoms with Crippen LogP contribution in [0, 0.1) is 5.92 Å². The van der Waals surface area contributed by atoms with E-state index in [0.29, 0.717) is 24.2 Å². The van der Waals surface area contributed by atoms with Gasteiger partial charge in [-0.05, 0) is 57.1 Å². The first-order valence-electron chi connectivity index (χ1n) is 11.9. The molecule has 0 spiro atoms. The molecule has 3 heterocycles. The largest absolute Gasteiger partial charge is 0.355 e. The minimum absolute atomic E-state index is 0.0374. The maximum atomic E-state index is 13.0. The van der Waals surface area contributed by atoms with E-state index in [0.717, 1.165) is 77.2 Å². The van der Waals surface area contributed by atoms with E-state index in [-0.39, 0.29) is 18.6 Å². The smallest absolute Gasteiger partial charge is 0.286 e. The van der Waals surface area contributed by atoms with Crippen LogP contribution in [0.1, 0.15) is 49.5 Å². The summed E-state index contributed by atoms with van der Waals surface area (Å²) >= 11 is 0. The first-order valence-corrected chi connectivity index (χ1v) is 11.9. The maximum absolute atomic E-state index is 13.0. The van der Waals surface area contributed by atoms with Crippen molar-refractivity contribution in [3.63, 3.8) is 0 Å². The van der Waals surface area contributed by atoms with Crippen LogP contribution in [0.5, 0.6) is 0 Å². The molecule has 1 atom stereocenters. The van der Waals surface area contributed by atoms with E-state index in [2.05, 4.69) is 19.7 Å². The summed E-state index contributed by atoms with van der Waals surface area (Å²) in [6, 6.07) is 6.28. The highest BCUT2D eigenvalue weighted by Gasteiger charge is 2.29. The molecule has 1 amide bonds. The molecule has 1 unspecified atom stereocenters. The highest BCUT2D eigenvalue weighted by Crippen LogP contribution is 2.29. The minimum atomic E-state index is -0.263. The zero-order chi connectivity index (χ0) is 21.8. The average molecular weight is 433 g/mol. The van der Waals surface area contributed by atoms with Gasteiger partial charge in [-0.2, -0.15) is 0 Å². The number of carbonyl (C=O) groups excluding carboxylic acids is 1. The van der Waals surface area contributed by atoms with Crippen LogP contribution in [-0.2, 0) is 0 Å². The Labute approximate surface area is 185 Å². The van der Waals surface area contributed by atoms with Gasteiger partial charge in [0.05, 0.1) is 0 Å². The summed E-state index contributed by atoms with van der Waals surface area (Å²) in [6.45, 7) is 8.21. The molecule has 31 heavy (non-hydrogen) atoms. The van der Waals surface area contributed by atoms with Crippen LogP contribution in [0.3, 0.4) is 0 Å². The van der Waals surface area contributed by atoms with Gasteiger partial charge >= 0.3 is 0 Å². The number of likely N-dealkylation sites (tertiary alicyclic amines) is 1. The molecule has 8 heteroatoms. The Morgan fingerprint density at radius 1 is 1.16 bits per heavy atom. The Kier molecular flexibility index (Phi) is 7.40. The van der Waals surface area contributed by atoms with Crippen molar-refractivity contribution in [2.45, 2.75) is 51.1 Å². The molecule has 7 nitrogen and oxygen atoms in total. The van der Waals surface area contributed by atoms with Crippen molar-refractivity contribution in [2.75, 3.05) is 57.4 Å². The Hall–Kier alpha value is -1.77. The van der Waals surface area contributed by atoms with Crippen LogP contribution in [0.2, 0.25) is 0 Å². The third-order valence-corrected chi connectivity index (χ3v) is 7.08. The number of nitrogens with zero attached hydrogens (tertiary/aromatic N) is 5. The number of amides is 1. The minimum Gasteiger partial charge on any atom is -0.355 e. The van der Waals surface area contributed by atoms with Crippen molar-refractivity contribution >= 4 is 11.7 Å². The second-order valence-electron chi connectivity index (χ2n) is 9.43. The predicted octanol–water partition coefficient (Wildman–Crippen LogP) is 2.14. The average Bonchev–Trinajstić information content (AvgIpc) is 3.65. The second kappa shape index (κ2) is 10.2. The lowest BCUT2D eigenvalue weighted by atomic mass is 10.0. The van der Waals surface area contributed by atoms with E-state index in [1.807, 2.05) is 19.1 Å². The number of rotatable bonds is 7. The van der Waals surface area contributed by atoms with Crippen molar-refractivity contribution in [3.8, 4) is 0 Å². The molecule has 2 saturated heterocycles. The third kappa shape index (κ3) is 5.73. The second-order valence-corrected chi connectivity index (χ2v) is 9.43. The fourth-order valence-electron chi connectivity index (χ4n) is 4.85. The molecule has 1 aromatic rings. The standard InChI is InChI=1S/C23H37FN6O/c1-18(16-24)27-12-8-20(9-13-27)28-10-3-11-29(15-14-28)22-5-2-4-21(26-22)23(31)30(25)17-19-6-7-19/h2,4-5,18-20H,3,6-17,25H2,1H3. The number of hydrogen-bond acceptors (Lipinski definition) is 6. The molecule has 4 rings (SSSR count). The van der Waals surface area contributed by atoms with Gasteiger partial charge in [0.1, 0.15) is 18.2 Å². The van der Waals surface area contributed by atoms with Gasteiger partial charge in [-0.15, -0.1) is 0 Å². The van der Waals surface area contributed by atoms with Crippen LogP contribution in [-0.4, -0.2) is 90.3 Å². The van der Waals surface area contributed by atoms with Gasteiger partial charge in [0.25, 0.3) is 5.91 Å². The summed E-state index contributed by atoms with van der Waals surface area (Å²) in [5, 5.41) is 1.32. The highest BCUT2D eigenvalue weighted by molar-refractivity contribution is 5.92. The monoisotopic (exact) mass is 432 g/mol. The van der Waals surface area contributed by atoms with Gasteiger partial charge < -0.3 is 4.90 Å². The van der Waals surface area contributed by atoms with Crippen molar-refractivity contribution < 1.29 is 9.18 Å². The number of alkyl halides is 1. The van der Waals surface area contributed by atoms with Crippen molar-refractivity contribution in [2.24, 2.45) is 11.8 Å². The Morgan fingerprint density at radius 2 is 1.94 bits per heavy atom. The van der Waals surface area contributed by atoms with E-state index in [9.17, 15) is 9.18 Å². The number of anilines is 1. The molecule has 172 valence electrons. The van der Waals surface area contributed by atoms with Crippen LogP contribution >= 0.6 is 0 Å². The summed E-state index contributed by atoms with van der Waals surface area (Å²) in [4.78, 5) is 24.5. The summed E-state index contributed by atoms with van der Waals surface area (Å²) in [6.07, 6.45) is 5.62. The number of hydrazine groups is 1. The van der Waals surface area contributed by atoms with Crippen LogP contribution < -0.4 is 10.7 Å². The molecule has 0 bridgehead atoms. The summed E-state index contributed by atoms with van der Waals surface area (Å²) in [7, 11) is 0. The Morgan fingerprint density at radius 3 is 2.65 bits per heavy atom. The molecule has 1 saturated carbocycles. The molecule has 2 aliphatic heterocycles. The number of carbonyl (C=O) groups is 1. The molecule has 0 radical (unpaired) electrons. The van der Waals surface area contributed by atoms with E-state index >= 15 is 0 Å².